The number of aryl methyl sites for hydroxylation is 1. The molecule has 1 saturated carbocycles. The van der Waals surface area contributed by atoms with E-state index in [2.05, 4.69) is 5.32 Å². The van der Waals surface area contributed by atoms with E-state index in [4.69, 9.17) is 9.52 Å². The molecular weight excluding hydrogens is 246 g/mol. The van der Waals surface area contributed by atoms with Crippen LogP contribution in [0.4, 0.5) is 0 Å². The molecule has 0 unspecified atom stereocenters. The van der Waals surface area contributed by atoms with Gasteiger partial charge in [-0.2, -0.15) is 0 Å². The summed E-state index contributed by atoms with van der Waals surface area (Å²) in [5.74, 6) is 0.218. The van der Waals surface area contributed by atoms with Crippen LogP contribution in [-0.4, -0.2) is 22.5 Å². The molecule has 1 aliphatic rings. The largest absolute Gasteiger partial charge is 0.481 e. The third-order valence-electron chi connectivity index (χ3n) is 3.35. The van der Waals surface area contributed by atoms with Gasteiger partial charge in [0.05, 0.1) is 12.0 Å². The summed E-state index contributed by atoms with van der Waals surface area (Å²) < 4.78 is 5.31. The molecule has 0 saturated heterocycles. The first-order valence-corrected chi connectivity index (χ1v) is 6.28. The average molecular weight is 263 g/mol. The molecule has 2 rings (SSSR count). The molecule has 1 amide bonds. The number of rotatable bonds is 5. The monoisotopic (exact) mass is 263 g/mol. The fraction of sp³-hybridized carbons (Fsp3) is 0.429. The molecule has 1 heterocycles. The van der Waals surface area contributed by atoms with Crippen molar-refractivity contribution in [3.63, 3.8) is 0 Å². The number of carboxylic acids is 1. The highest BCUT2D eigenvalue weighted by Crippen LogP contribution is 2.34. The maximum Gasteiger partial charge on any atom is 0.305 e. The van der Waals surface area contributed by atoms with Gasteiger partial charge >= 0.3 is 5.97 Å². The molecule has 102 valence electrons. The van der Waals surface area contributed by atoms with E-state index >= 15 is 0 Å². The van der Waals surface area contributed by atoms with Crippen molar-refractivity contribution in [1.29, 1.82) is 0 Å². The molecule has 1 fully saturated rings. The second kappa shape index (κ2) is 5.30. The maximum atomic E-state index is 11.8. The zero-order chi connectivity index (χ0) is 13.9. The highest BCUT2D eigenvalue weighted by molar-refractivity contribution is 5.92. The van der Waals surface area contributed by atoms with Crippen LogP contribution in [0.15, 0.2) is 22.6 Å². The average Bonchev–Trinajstić information content (AvgIpc) is 2.69. The van der Waals surface area contributed by atoms with Crippen LogP contribution in [0.1, 0.15) is 37.2 Å². The van der Waals surface area contributed by atoms with E-state index in [1.54, 1.807) is 12.1 Å². The third-order valence-corrected chi connectivity index (χ3v) is 3.35. The lowest BCUT2D eigenvalue weighted by atomic mass is 9.74. The summed E-state index contributed by atoms with van der Waals surface area (Å²) in [4.78, 5) is 22.6. The molecule has 0 bridgehead atoms. The lowest BCUT2D eigenvalue weighted by Crippen LogP contribution is -2.54. The number of nitrogens with one attached hydrogen (secondary N) is 1. The zero-order valence-electron chi connectivity index (χ0n) is 10.8. The molecule has 0 aliphatic heterocycles. The first-order chi connectivity index (χ1) is 8.99. The molecular formula is C14H17NO4. The Hall–Kier alpha value is -2.04. The zero-order valence-corrected chi connectivity index (χ0v) is 10.8. The second-order valence-electron chi connectivity index (χ2n) is 4.98. The van der Waals surface area contributed by atoms with Gasteiger partial charge in [-0.1, -0.05) is 0 Å². The Morgan fingerprint density at radius 2 is 2.21 bits per heavy atom. The van der Waals surface area contributed by atoms with Gasteiger partial charge in [-0.25, -0.2) is 0 Å². The van der Waals surface area contributed by atoms with Crippen LogP contribution in [0.3, 0.4) is 0 Å². The standard InChI is InChI=1S/C14H17NO4/c1-10-3-4-11(19-10)5-6-12(16)15-14(7-2-8-14)9-13(17)18/h3-6H,2,7-9H2,1H3,(H,15,16)(H,17,18)/b6-5+. The lowest BCUT2D eigenvalue weighted by Gasteiger charge is -2.41. The normalized spacial score (nSPS) is 17.1. The van der Waals surface area contributed by atoms with Crippen molar-refractivity contribution < 1.29 is 19.1 Å². The lowest BCUT2D eigenvalue weighted by molar-refractivity contribution is -0.140. The van der Waals surface area contributed by atoms with E-state index in [0.717, 1.165) is 25.0 Å². The van der Waals surface area contributed by atoms with Gasteiger partial charge in [0.25, 0.3) is 0 Å². The minimum absolute atomic E-state index is 0.0214. The second-order valence-corrected chi connectivity index (χ2v) is 4.98. The molecule has 1 aliphatic carbocycles. The Kier molecular flexibility index (Phi) is 3.74. The van der Waals surface area contributed by atoms with Gasteiger partial charge in [0.15, 0.2) is 0 Å². The minimum Gasteiger partial charge on any atom is -0.481 e. The molecule has 5 heteroatoms. The molecule has 0 radical (unpaired) electrons. The number of carboxylic acid groups (broad SMARTS) is 1. The Bertz CT molecular complexity index is 511. The Labute approximate surface area is 111 Å². The number of hydrogen-bond donors (Lipinski definition) is 2. The van der Waals surface area contributed by atoms with Gasteiger partial charge in [-0.05, 0) is 44.4 Å². The number of carbonyl (C=O) groups excluding carboxylic acids is 1. The molecule has 5 nitrogen and oxygen atoms in total. The van der Waals surface area contributed by atoms with Gasteiger partial charge < -0.3 is 14.8 Å². The van der Waals surface area contributed by atoms with E-state index in [1.165, 1.54) is 6.08 Å². The predicted octanol–water partition coefficient (Wildman–Crippen LogP) is 2.11. The minimum atomic E-state index is -0.884. The smallest absolute Gasteiger partial charge is 0.305 e. The molecule has 1 aromatic rings. The van der Waals surface area contributed by atoms with Crippen molar-refractivity contribution in [2.45, 2.75) is 38.1 Å². The predicted molar refractivity (Wildman–Crippen MR) is 69.5 cm³/mol. The van der Waals surface area contributed by atoms with Crippen LogP contribution in [0.25, 0.3) is 6.08 Å². The van der Waals surface area contributed by atoms with Crippen LogP contribution in [0.2, 0.25) is 0 Å². The summed E-state index contributed by atoms with van der Waals surface area (Å²) in [7, 11) is 0. The van der Waals surface area contributed by atoms with Gasteiger partial charge in [0.1, 0.15) is 11.5 Å². The Balaban J connectivity index is 1.93. The fourth-order valence-electron chi connectivity index (χ4n) is 2.24. The van der Waals surface area contributed by atoms with Gasteiger partial charge in [-0.3, -0.25) is 9.59 Å². The van der Waals surface area contributed by atoms with Gasteiger partial charge in [0.2, 0.25) is 5.91 Å². The number of hydrogen-bond acceptors (Lipinski definition) is 3. The summed E-state index contributed by atoms with van der Waals surface area (Å²) >= 11 is 0. The number of amides is 1. The molecule has 0 aromatic carbocycles. The van der Waals surface area contributed by atoms with Crippen molar-refractivity contribution in [1.82, 2.24) is 5.32 Å². The van der Waals surface area contributed by atoms with E-state index in [-0.39, 0.29) is 12.3 Å². The third kappa shape index (κ3) is 3.47. The molecule has 19 heavy (non-hydrogen) atoms. The maximum absolute atomic E-state index is 11.8. The quantitative estimate of drug-likeness (QED) is 0.797. The van der Waals surface area contributed by atoms with Crippen molar-refractivity contribution in [3.05, 3.63) is 29.7 Å². The van der Waals surface area contributed by atoms with Crippen LogP contribution >= 0.6 is 0 Å². The van der Waals surface area contributed by atoms with Gasteiger partial charge in [-0.15, -0.1) is 0 Å². The molecule has 1 aromatic heterocycles. The van der Waals surface area contributed by atoms with Crippen molar-refractivity contribution >= 4 is 18.0 Å². The van der Waals surface area contributed by atoms with Gasteiger partial charge in [0, 0.05) is 6.08 Å². The number of aliphatic carboxylic acids is 1. The molecule has 0 spiro atoms. The summed E-state index contributed by atoms with van der Waals surface area (Å²) in [6, 6.07) is 3.59. The van der Waals surface area contributed by atoms with Crippen LogP contribution in [0, 0.1) is 6.92 Å². The van der Waals surface area contributed by atoms with Crippen LogP contribution in [0.5, 0.6) is 0 Å². The van der Waals surface area contributed by atoms with E-state index in [0.29, 0.717) is 5.76 Å². The molecule has 2 N–H and O–H groups in total. The van der Waals surface area contributed by atoms with Crippen molar-refractivity contribution in [2.75, 3.05) is 0 Å². The summed E-state index contributed by atoms with van der Waals surface area (Å²) in [6.45, 7) is 1.83. The van der Waals surface area contributed by atoms with E-state index in [9.17, 15) is 9.59 Å². The summed E-state index contributed by atoms with van der Waals surface area (Å²) in [5.41, 5.74) is -0.563. The van der Waals surface area contributed by atoms with E-state index in [1.807, 2.05) is 13.0 Å². The summed E-state index contributed by atoms with van der Waals surface area (Å²) in [5, 5.41) is 11.6. The SMILES string of the molecule is Cc1ccc(/C=C/C(=O)NC2(CC(=O)O)CCC2)o1. The first kappa shape index (κ1) is 13.4. The Morgan fingerprint density at radius 3 is 2.68 bits per heavy atom. The topological polar surface area (TPSA) is 79.5 Å². The van der Waals surface area contributed by atoms with E-state index < -0.39 is 11.5 Å². The fourth-order valence-corrected chi connectivity index (χ4v) is 2.24. The number of furan rings is 1. The Morgan fingerprint density at radius 1 is 1.47 bits per heavy atom. The van der Waals surface area contributed by atoms with Crippen LogP contribution in [-0.2, 0) is 9.59 Å². The van der Waals surface area contributed by atoms with Crippen molar-refractivity contribution in [2.24, 2.45) is 0 Å². The molecule has 0 atom stereocenters. The summed E-state index contributed by atoms with van der Waals surface area (Å²) in [6.07, 6.45) is 5.33. The van der Waals surface area contributed by atoms with Crippen LogP contribution < -0.4 is 5.32 Å². The van der Waals surface area contributed by atoms with Crippen molar-refractivity contribution in [3.8, 4) is 0 Å². The highest BCUT2D eigenvalue weighted by atomic mass is 16.4. The highest BCUT2D eigenvalue weighted by Gasteiger charge is 2.39. The first-order valence-electron chi connectivity index (χ1n) is 6.28. The number of carbonyl (C=O) groups is 2.